The van der Waals surface area contributed by atoms with Crippen molar-refractivity contribution >= 4 is 27.4 Å². The van der Waals surface area contributed by atoms with Gasteiger partial charge in [-0.15, -0.1) is 0 Å². The summed E-state index contributed by atoms with van der Waals surface area (Å²) in [6, 6.07) is 17.4. The van der Waals surface area contributed by atoms with Gasteiger partial charge in [0.05, 0.1) is 10.6 Å². The number of nitrogens with zero attached hydrogens (tertiary/aromatic N) is 3. The van der Waals surface area contributed by atoms with Gasteiger partial charge >= 0.3 is 0 Å². The van der Waals surface area contributed by atoms with E-state index in [1.807, 2.05) is 24.3 Å². The van der Waals surface area contributed by atoms with Crippen molar-refractivity contribution in [2.75, 3.05) is 5.73 Å². The average molecular weight is 395 g/mol. The topological polar surface area (TPSA) is 106 Å². The minimum Gasteiger partial charge on any atom is -0.383 e. The number of nitrogen functional groups attached to an aromatic ring is 1. The van der Waals surface area contributed by atoms with Crippen LogP contribution in [0.5, 0.6) is 0 Å². The van der Waals surface area contributed by atoms with Gasteiger partial charge in [-0.05, 0) is 23.8 Å². The Kier molecular flexibility index (Phi) is 4.46. The Morgan fingerprint density at radius 3 is 2.48 bits per heavy atom. The molecule has 0 saturated heterocycles. The first-order valence-corrected chi connectivity index (χ1v) is 8.00. The third-order valence-electron chi connectivity index (χ3n) is 3.67. The molecular weight excluding hydrogens is 384 g/mol. The molecule has 0 atom stereocenters. The molecule has 1 aromatic heterocycles. The van der Waals surface area contributed by atoms with Crippen LogP contribution in [0.1, 0.15) is 5.56 Å². The molecule has 0 unspecified atom stereocenters. The van der Waals surface area contributed by atoms with Gasteiger partial charge in [0.1, 0.15) is 17.5 Å². The summed E-state index contributed by atoms with van der Waals surface area (Å²) in [7, 11) is 0. The lowest BCUT2D eigenvalue weighted by molar-refractivity contribution is -0.384. The van der Waals surface area contributed by atoms with E-state index in [0.29, 0.717) is 16.8 Å². The number of non-ortho nitro benzene ring substituents is 1. The van der Waals surface area contributed by atoms with Crippen molar-refractivity contribution in [2.24, 2.45) is 0 Å². The van der Waals surface area contributed by atoms with Gasteiger partial charge in [0.15, 0.2) is 0 Å². The second-order valence-corrected chi connectivity index (χ2v) is 6.16. The predicted molar refractivity (Wildman–Crippen MR) is 98.6 cm³/mol. The maximum atomic E-state index is 11.0. The summed E-state index contributed by atoms with van der Waals surface area (Å²) in [4.78, 5) is 14.8. The number of nitro benzene ring substituents is 1. The average Bonchev–Trinajstić information content (AvgIpc) is 2.62. The molecule has 7 heteroatoms. The van der Waals surface area contributed by atoms with Crippen LogP contribution in [-0.4, -0.2) is 9.91 Å². The van der Waals surface area contributed by atoms with Crippen molar-refractivity contribution in [2.45, 2.75) is 0 Å². The monoisotopic (exact) mass is 394 g/mol. The zero-order chi connectivity index (χ0) is 18.0. The number of aromatic nitrogens is 1. The Balaban J connectivity index is 2.20. The molecule has 0 amide bonds. The van der Waals surface area contributed by atoms with E-state index < -0.39 is 4.92 Å². The van der Waals surface area contributed by atoms with Crippen LogP contribution in [0.4, 0.5) is 11.5 Å². The Morgan fingerprint density at radius 2 is 1.84 bits per heavy atom. The molecule has 0 spiro atoms. The van der Waals surface area contributed by atoms with Crippen LogP contribution in [0.15, 0.2) is 59.1 Å². The normalized spacial score (nSPS) is 10.2. The maximum absolute atomic E-state index is 11.0. The lowest BCUT2D eigenvalue weighted by Crippen LogP contribution is -2.00. The molecule has 0 fully saturated rings. The van der Waals surface area contributed by atoms with Crippen LogP contribution < -0.4 is 5.73 Å². The zero-order valence-electron chi connectivity index (χ0n) is 12.8. The second kappa shape index (κ2) is 6.71. The lowest BCUT2D eigenvalue weighted by Gasteiger charge is -2.10. The molecule has 0 aliphatic rings. The predicted octanol–water partition coefficient (Wildman–Crippen LogP) is 4.54. The first-order chi connectivity index (χ1) is 12.0. The zero-order valence-corrected chi connectivity index (χ0v) is 14.4. The number of nitriles is 1. The van der Waals surface area contributed by atoms with Gasteiger partial charge in [-0.25, -0.2) is 4.98 Å². The number of hydrogen-bond donors (Lipinski definition) is 1. The third kappa shape index (κ3) is 3.34. The molecule has 0 saturated carbocycles. The number of nitro groups is 1. The van der Waals surface area contributed by atoms with Crippen LogP contribution in [0.25, 0.3) is 22.4 Å². The fourth-order valence-electron chi connectivity index (χ4n) is 2.47. The van der Waals surface area contributed by atoms with Gasteiger partial charge in [-0.1, -0.05) is 40.2 Å². The van der Waals surface area contributed by atoms with Crippen molar-refractivity contribution < 1.29 is 4.92 Å². The van der Waals surface area contributed by atoms with Gasteiger partial charge in [-0.2, -0.15) is 5.26 Å². The standard InChI is InChI=1S/C18H11BrN4O2/c19-13-6-4-11(5-7-13)15-9-17(22-18(21)16(15)10-20)12-2-1-3-14(8-12)23(24)25/h1-9H,(H2,21,22). The lowest BCUT2D eigenvalue weighted by atomic mass is 9.98. The van der Waals surface area contributed by atoms with E-state index >= 15 is 0 Å². The van der Waals surface area contributed by atoms with Gasteiger partial charge in [-0.3, -0.25) is 10.1 Å². The molecule has 122 valence electrons. The first-order valence-electron chi connectivity index (χ1n) is 7.21. The molecule has 0 radical (unpaired) electrons. The van der Waals surface area contributed by atoms with E-state index in [1.54, 1.807) is 18.2 Å². The summed E-state index contributed by atoms with van der Waals surface area (Å²) < 4.78 is 0.913. The Labute approximate surface area is 151 Å². The Morgan fingerprint density at radius 1 is 1.12 bits per heavy atom. The highest BCUT2D eigenvalue weighted by Crippen LogP contribution is 2.32. The smallest absolute Gasteiger partial charge is 0.270 e. The van der Waals surface area contributed by atoms with E-state index in [9.17, 15) is 15.4 Å². The van der Waals surface area contributed by atoms with Crippen molar-refractivity contribution in [1.82, 2.24) is 4.98 Å². The van der Waals surface area contributed by atoms with Gasteiger partial charge in [0.25, 0.3) is 5.69 Å². The number of halogens is 1. The van der Waals surface area contributed by atoms with E-state index in [1.165, 1.54) is 12.1 Å². The maximum Gasteiger partial charge on any atom is 0.270 e. The van der Waals surface area contributed by atoms with Crippen molar-refractivity contribution in [3.8, 4) is 28.5 Å². The summed E-state index contributed by atoms with van der Waals surface area (Å²) in [6.07, 6.45) is 0. The summed E-state index contributed by atoms with van der Waals surface area (Å²) in [5.41, 5.74) is 8.66. The van der Waals surface area contributed by atoms with Crippen molar-refractivity contribution in [3.05, 3.63) is 74.7 Å². The molecule has 0 aliphatic carbocycles. The SMILES string of the molecule is N#Cc1c(-c2ccc(Br)cc2)cc(-c2cccc([N+](=O)[O-])c2)nc1N. The molecule has 3 aromatic rings. The highest BCUT2D eigenvalue weighted by atomic mass is 79.9. The highest BCUT2D eigenvalue weighted by Gasteiger charge is 2.15. The quantitative estimate of drug-likeness (QED) is 0.518. The van der Waals surface area contributed by atoms with Crippen molar-refractivity contribution in [3.63, 3.8) is 0 Å². The van der Waals surface area contributed by atoms with Gasteiger partial charge in [0, 0.05) is 27.7 Å². The molecule has 1 heterocycles. The van der Waals surface area contributed by atoms with E-state index in [4.69, 9.17) is 5.73 Å². The fourth-order valence-corrected chi connectivity index (χ4v) is 2.73. The molecule has 25 heavy (non-hydrogen) atoms. The van der Waals surface area contributed by atoms with Gasteiger partial charge in [0.2, 0.25) is 0 Å². The number of nitrogens with two attached hydrogens (primary N) is 1. The highest BCUT2D eigenvalue weighted by molar-refractivity contribution is 9.10. The first kappa shape index (κ1) is 16.6. The molecular formula is C18H11BrN4O2. The van der Waals surface area contributed by atoms with E-state index in [0.717, 1.165) is 10.0 Å². The Hall–Kier alpha value is -3.24. The molecule has 3 rings (SSSR count). The largest absolute Gasteiger partial charge is 0.383 e. The number of rotatable bonds is 3. The van der Waals surface area contributed by atoms with Crippen LogP contribution in [0, 0.1) is 21.4 Å². The fraction of sp³-hybridized carbons (Fsp3) is 0. The van der Waals surface area contributed by atoms with E-state index in [2.05, 4.69) is 27.0 Å². The number of pyridine rings is 1. The third-order valence-corrected chi connectivity index (χ3v) is 4.20. The van der Waals surface area contributed by atoms with Crippen LogP contribution in [0.3, 0.4) is 0 Å². The number of anilines is 1. The molecule has 0 bridgehead atoms. The molecule has 2 aromatic carbocycles. The summed E-state index contributed by atoms with van der Waals surface area (Å²) in [5.74, 6) is 0.0874. The second-order valence-electron chi connectivity index (χ2n) is 5.24. The van der Waals surface area contributed by atoms with Crippen LogP contribution in [0.2, 0.25) is 0 Å². The molecule has 6 nitrogen and oxygen atoms in total. The van der Waals surface area contributed by atoms with Gasteiger partial charge < -0.3 is 5.73 Å². The Bertz CT molecular complexity index is 1010. The molecule has 0 aliphatic heterocycles. The minimum absolute atomic E-state index is 0.0348. The summed E-state index contributed by atoms with van der Waals surface area (Å²) >= 11 is 3.37. The minimum atomic E-state index is -0.466. The molecule has 2 N–H and O–H groups in total. The summed E-state index contributed by atoms with van der Waals surface area (Å²) in [5, 5.41) is 20.4. The van der Waals surface area contributed by atoms with E-state index in [-0.39, 0.29) is 17.1 Å². The van der Waals surface area contributed by atoms with Crippen molar-refractivity contribution in [1.29, 1.82) is 5.26 Å². The number of hydrogen-bond acceptors (Lipinski definition) is 5. The van der Waals surface area contributed by atoms with Crippen LogP contribution >= 0.6 is 15.9 Å². The summed E-state index contributed by atoms with van der Waals surface area (Å²) in [6.45, 7) is 0. The number of benzene rings is 2. The van der Waals surface area contributed by atoms with Crippen LogP contribution in [-0.2, 0) is 0 Å².